The fourth-order valence-corrected chi connectivity index (χ4v) is 3.37. The van der Waals surface area contributed by atoms with Gasteiger partial charge >= 0.3 is 5.97 Å². The summed E-state index contributed by atoms with van der Waals surface area (Å²) in [4.78, 5) is 16.9. The Morgan fingerprint density at radius 2 is 2.21 bits per heavy atom. The van der Waals surface area contributed by atoms with Gasteiger partial charge in [-0.1, -0.05) is 19.9 Å². The normalized spacial score (nSPS) is 12.4. The number of rotatable bonds is 5. The van der Waals surface area contributed by atoms with Crippen LogP contribution in [0.15, 0.2) is 22.9 Å². The van der Waals surface area contributed by atoms with Crippen molar-refractivity contribution in [3.63, 3.8) is 0 Å². The Kier molecular flexibility index (Phi) is 4.55. The third-order valence-electron chi connectivity index (χ3n) is 2.69. The van der Waals surface area contributed by atoms with E-state index in [0.29, 0.717) is 11.6 Å². The van der Waals surface area contributed by atoms with Gasteiger partial charge in [-0.3, -0.25) is 0 Å². The van der Waals surface area contributed by atoms with E-state index in [9.17, 15) is 4.79 Å². The van der Waals surface area contributed by atoms with Crippen molar-refractivity contribution in [1.82, 2.24) is 4.98 Å². The summed E-state index contributed by atoms with van der Waals surface area (Å²) < 4.78 is 4.65. The summed E-state index contributed by atoms with van der Waals surface area (Å²) in [6.07, 6.45) is 0. The predicted octanol–water partition coefficient (Wildman–Crippen LogP) is 3.80. The van der Waals surface area contributed by atoms with Gasteiger partial charge in [0.1, 0.15) is 0 Å². The van der Waals surface area contributed by atoms with Gasteiger partial charge in [-0.05, 0) is 17.4 Å². The highest BCUT2D eigenvalue weighted by Crippen LogP contribution is 2.30. The fraction of sp³-hybridized carbons (Fsp3) is 0.385. The van der Waals surface area contributed by atoms with Crippen molar-refractivity contribution in [2.24, 2.45) is 5.92 Å². The molecule has 0 amide bonds. The number of carbonyl (C=O) groups is 1. The minimum absolute atomic E-state index is 0.205. The van der Waals surface area contributed by atoms with Crippen LogP contribution in [0.1, 0.15) is 35.3 Å². The summed E-state index contributed by atoms with van der Waals surface area (Å²) in [5, 5.41) is 7.91. The minimum atomic E-state index is -0.401. The first kappa shape index (κ1) is 14.0. The highest BCUT2D eigenvalue weighted by atomic mass is 32.1. The van der Waals surface area contributed by atoms with Crippen LogP contribution in [0.3, 0.4) is 0 Å². The molecule has 0 spiro atoms. The molecule has 1 N–H and O–H groups in total. The van der Waals surface area contributed by atoms with Gasteiger partial charge in [0.2, 0.25) is 0 Å². The van der Waals surface area contributed by atoms with E-state index >= 15 is 0 Å². The Morgan fingerprint density at radius 3 is 2.79 bits per heavy atom. The Hall–Kier alpha value is -1.40. The molecule has 0 aromatic carbocycles. The van der Waals surface area contributed by atoms with Crippen molar-refractivity contribution in [1.29, 1.82) is 0 Å². The first-order valence-corrected chi connectivity index (χ1v) is 7.71. The second-order valence-electron chi connectivity index (χ2n) is 4.41. The van der Waals surface area contributed by atoms with Crippen LogP contribution in [0, 0.1) is 5.92 Å². The molecule has 2 heterocycles. The summed E-state index contributed by atoms with van der Waals surface area (Å²) in [6.45, 7) is 4.32. The molecule has 0 aliphatic rings. The van der Waals surface area contributed by atoms with Crippen LogP contribution in [-0.4, -0.2) is 18.1 Å². The van der Waals surface area contributed by atoms with Gasteiger partial charge in [-0.2, -0.15) is 0 Å². The molecule has 0 aliphatic carbocycles. The van der Waals surface area contributed by atoms with Crippen LogP contribution in [-0.2, 0) is 4.74 Å². The molecule has 2 rings (SSSR count). The van der Waals surface area contributed by atoms with Crippen molar-refractivity contribution in [3.05, 3.63) is 33.5 Å². The fourth-order valence-electron chi connectivity index (χ4n) is 1.71. The van der Waals surface area contributed by atoms with Crippen LogP contribution in [0.5, 0.6) is 0 Å². The SMILES string of the molecule is COC(=O)c1csc(NC(c2cccs2)C(C)C)n1. The second kappa shape index (κ2) is 6.16. The second-order valence-corrected chi connectivity index (χ2v) is 6.25. The van der Waals surface area contributed by atoms with Crippen molar-refractivity contribution in [2.45, 2.75) is 19.9 Å². The molecule has 1 atom stereocenters. The molecular weight excluding hydrogens is 280 g/mol. The van der Waals surface area contributed by atoms with Gasteiger partial charge in [0, 0.05) is 10.3 Å². The van der Waals surface area contributed by atoms with Crippen molar-refractivity contribution >= 4 is 33.8 Å². The number of thiazole rings is 1. The zero-order valence-corrected chi connectivity index (χ0v) is 12.7. The van der Waals surface area contributed by atoms with Gasteiger partial charge in [-0.25, -0.2) is 9.78 Å². The minimum Gasteiger partial charge on any atom is -0.464 e. The highest BCUT2D eigenvalue weighted by Gasteiger charge is 2.19. The summed E-state index contributed by atoms with van der Waals surface area (Å²) in [5.41, 5.74) is 0.351. The maximum absolute atomic E-state index is 11.4. The van der Waals surface area contributed by atoms with E-state index in [2.05, 4.69) is 40.3 Å². The molecular formula is C13H16N2O2S2. The van der Waals surface area contributed by atoms with E-state index in [1.54, 1.807) is 16.7 Å². The average molecular weight is 296 g/mol. The first-order chi connectivity index (χ1) is 9.11. The van der Waals surface area contributed by atoms with E-state index in [1.807, 2.05) is 6.07 Å². The summed E-state index contributed by atoms with van der Waals surface area (Å²) in [7, 11) is 1.36. The van der Waals surface area contributed by atoms with Crippen LogP contribution in [0.2, 0.25) is 0 Å². The molecule has 0 aliphatic heterocycles. The Morgan fingerprint density at radius 1 is 1.42 bits per heavy atom. The predicted molar refractivity (Wildman–Crippen MR) is 79.0 cm³/mol. The molecule has 4 nitrogen and oxygen atoms in total. The number of thiophene rings is 1. The van der Waals surface area contributed by atoms with Gasteiger partial charge < -0.3 is 10.1 Å². The molecule has 0 bridgehead atoms. The van der Waals surface area contributed by atoms with Crippen LogP contribution >= 0.6 is 22.7 Å². The van der Waals surface area contributed by atoms with Crippen molar-refractivity contribution in [2.75, 3.05) is 12.4 Å². The molecule has 0 radical (unpaired) electrons. The van der Waals surface area contributed by atoms with Gasteiger partial charge in [-0.15, -0.1) is 22.7 Å². The maximum atomic E-state index is 11.4. The van der Waals surface area contributed by atoms with Gasteiger partial charge in [0.25, 0.3) is 0 Å². The van der Waals surface area contributed by atoms with Gasteiger partial charge in [0.05, 0.1) is 13.2 Å². The number of nitrogens with one attached hydrogen (secondary N) is 1. The molecule has 0 saturated heterocycles. The number of ether oxygens (including phenoxy) is 1. The lowest BCUT2D eigenvalue weighted by atomic mass is 10.0. The lowest BCUT2D eigenvalue weighted by Crippen LogP contribution is -2.15. The number of anilines is 1. The third kappa shape index (κ3) is 3.33. The summed E-state index contributed by atoms with van der Waals surface area (Å²) in [6, 6.07) is 4.35. The van der Waals surface area contributed by atoms with Crippen molar-refractivity contribution < 1.29 is 9.53 Å². The Bertz CT molecular complexity index is 535. The molecule has 0 saturated carbocycles. The third-order valence-corrected chi connectivity index (χ3v) is 4.42. The Balaban J connectivity index is 2.14. The number of hydrogen-bond acceptors (Lipinski definition) is 6. The molecule has 102 valence electrons. The molecule has 1 unspecified atom stereocenters. The Labute approximate surface area is 120 Å². The van der Waals surface area contributed by atoms with Gasteiger partial charge in [0.15, 0.2) is 10.8 Å². The number of hydrogen-bond donors (Lipinski definition) is 1. The molecule has 6 heteroatoms. The highest BCUT2D eigenvalue weighted by molar-refractivity contribution is 7.14. The zero-order chi connectivity index (χ0) is 13.8. The maximum Gasteiger partial charge on any atom is 0.357 e. The van der Waals surface area contributed by atoms with E-state index in [0.717, 1.165) is 5.13 Å². The zero-order valence-electron chi connectivity index (χ0n) is 11.0. The lowest BCUT2D eigenvalue weighted by molar-refractivity contribution is 0.0595. The quantitative estimate of drug-likeness (QED) is 0.853. The first-order valence-electron chi connectivity index (χ1n) is 5.95. The van der Waals surface area contributed by atoms with E-state index in [1.165, 1.54) is 23.3 Å². The average Bonchev–Trinajstić information content (AvgIpc) is 3.05. The largest absolute Gasteiger partial charge is 0.464 e. The lowest BCUT2D eigenvalue weighted by Gasteiger charge is -2.20. The number of carbonyl (C=O) groups excluding carboxylic acids is 1. The van der Waals surface area contributed by atoms with E-state index in [-0.39, 0.29) is 6.04 Å². The number of aromatic nitrogens is 1. The van der Waals surface area contributed by atoms with Crippen LogP contribution in [0.25, 0.3) is 0 Å². The molecule has 2 aromatic rings. The number of methoxy groups -OCH3 is 1. The summed E-state index contributed by atoms with van der Waals surface area (Å²) in [5.74, 6) is 0.0330. The monoisotopic (exact) mass is 296 g/mol. The smallest absolute Gasteiger partial charge is 0.357 e. The molecule has 0 fully saturated rings. The molecule has 19 heavy (non-hydrogen) atoms. The summed E-state index contributed by atoms with van der Waals surface area (Å²) >= 11 is 3.14. The topological polar surface area (TPSA) is 51.2 Å². The standard InChI is InChI=1S/C13H16N2O2S2/c1-8(2)11(10-5-4-6-18-10)15-13-14-9(7-19-13)12(16)17-3/h4-8,11H,1-3H3,(H,14,15). The van der Waals surface area contributed by atoms with Crippen LogP contribution in [0.4, 0.5) is 5.13 Å². The van der Waals surface area contributed by atoms with E-state index in [4.69, 9.17) is 0 Å². The number of esters is 1. The number of nitrogens with zero attached hydrogens (tertiary/aromatic N) is 1. The van der Waals surface area contributed by atoms with Crippen LogP contribution < -0.4 is 5.32 Å². The van der Waals surface area contributed by atoms with E-state index < -0.39 is 5.97 Å². The van der Waals surface area contributed by atoms with Crippen molar-refractivity contribution in [3.8, 4) is 0 Å². The molecule has 2 aromatic heterocycles.